The number of aryl methyl sites for hydroxylation is 1. The Balaban J connectivity index is 2.21. The second-order valence-electron chi connectivity index (χ2n) is 3.95. The van der Waals surface area contributed by atoms with Crippen LogP contribution in [0.2, 0.25) is 0 Å². The molecule has 0 radical (unpaired) electrons. The van der Waals surface area contributed by atoms with E-state index in [-0.39, 0.29) is 0 Å². The van der Waals surface area contributed by atoms with Gasteiger partial charge in [0.15, 0.2) is 5.16 Å². The molecule has 19 heavy (non-hydrogen) atoms. The van der Waals surface area contributed by atoms with Crippen LogP contribution in [-0.4, -0.2) is 22.1 Å². The highest BCUT2D eigenvalue weighted by Gasteiger charge is 2.03. The standard InChI is InChI=1S/C13H14N4OS/c1-8-7-11(17-13(15-8)19-2)16-10-5-3-9(4-6-10)12(14)18/h3-7H,1-2H3,(H2,14,18)(H,15,16,17). The average molecular weight is 274 g/mol. The number of anilines is 2. The third-order valence-corrected chi connectivity index (χ3v) is 3.01. The van der Waals surface area contributed by atoms with Crippen molar-refractivity contribution in [1.82, 2.24) is 9.97 Å². The molecule has 1 heterocycles. The van der Waals surface area contributed by atoms with Crippen LogP contribution < -0.4 is 11.1 Å². The van der Waals surface area contributed by atoms with Gasteiger partial charge in [-0.15, -0.1) is 0 Å². The zero-order chi connectivity index (χ0) is 13.8. The molecule has 0 unspecified atom stereocenters. The van der Waals surface area contributed by atoms with Crippen LogP contribution in [0.5, 0.6) is 0 Å². The number of nitrogens with zero attached hydrogens (tertiary/aromatic N) is 2. The smallest absolute Gasteiger partial charge is 0.248 e. The first kappa shape index (κ1) is 13.4. The lowest BCUT2D eigenvalue weighted by atomic mass is 10.2. The van der Waals surface area contributed by atoms with Crippen molar-refractivity contribution in [3.05, 3.63) is 41.6 Å². The molecule has 6 heteroatoms. The van der Waals surface area contributed by atoms with Crippen molar-refractivity contribution >= 4 is 29.2 Å². The molecule has 0 aliphatic carbocycles. The number of primary amides is 1. The van der Waals surface area contributed by atoms with E-state index in [0.717, 1.165) is 22.4 Å². The number of rotatable bonds is 4. The Morgan fingerprint density at radius 2 is 1.95 bits per heavy atom. The molecule has 0 bridgehead atoms. The number of benzene rings is 1. The molecule has 5 nitrogen and oxygen atoms in total. The topological polar surface area (TPSA) is 80.9 Å². The van der Waals surface area contributed by atoms with Gasteiger partial charge in [-0.05, 0) is 37.4 Å². The van der Waals surface area contributed by atoms with Crippen LogP contribution in [0.25, 0.3) is 0 Å². The Labute approximate surface area is 115 Å². The van der Waals surface area contributed by atoms with Gasteiger partial charge in [-0.25, -0.2) is 9.97 Å². The third kappa shape index (κ3) is 3.45. The summed E-state index contributed by atoms with van der Waals surface area (Å²) in [5, 5.41) is 3.89. The third-order valence-electron chi connectivity index (χ3n) is 2.46. The zero-order valence-corrected chi connectivity index (χ0v) is 11.5. The molecular formula is C13H14N4OS. The van der Waals surface area contributed by atoms with Crippen LogP contribution in [0, 0.1) is 6.92 Å². The van der Waals surface area contributed by atoms with E-state index >= 15 is 0 Å². The van der Waals surface area contributed by atoms with Crippen LogP contribution in [0.15, 0.2) is 35.5 Å². The summed E-state index contributed by atoms with van der Waals surface area (Å²) in [7, 11) is 0. The van der Waals surface area contributed by atoms with Crippen molar-refractivity contribution in [3.8, 4) is 0 Å². The normalized spacial score (nSPS) is 10.2. The highest BCUT2D eigenvalue weighted by Crippen LogP contribution is 2.18. The number of nitrogens with one attached hydrogen (secondary N) is 1. The first-order valence-electron chi connectivity index (χ1n) is 5.65. The summed E-state index contributed by atoms with van der Waals surface area (Å²) < 4.78 is 0. The largest absolute Gasteiger partial charge is 0.366 e. The molecule has 1 aromatic carbocycles. The van der Waals surface area contributed by atoms with E-state index in [0.29, 0.717) is 5.56 Å². The van der Waals surface area contributed by atoms with Crippen LogP contribution in [0.1, 0.15) is 16.1 Å². The highest BCUT2D eigenvalue weighted by molar-refractivity contribution is 7.98. The summed E-state index contributed by atoms with van der Waals surface area (Å²) in [6, 6.07) is 8.79. The average Bonchev–Trinajstić information content (AvgIpc) is 2.38. The van der Waals surface area contributed by atoms with Crippen LogP contribution in [0.4, 0.5) is 11.5 Å². The van der Waals surface area contributed by atoms with E-state index in [1.807, 2.05) is 19.2 Å². The molecule has 3 N–H and O–H groups in total. The molecule has 0 spiro atoms. The van der Waals surface area contributed by atoms with Gasteiger partial charge in [0.2, 0.25) is 5.91 Å². The second kappa shape index (κ2) is 5.71. The Kier molecular flexibility index (Phi) is 4.01. The van der Waals surface area contributed by atoms with E-state index in [2.05, 4.69) is 15.3 Å². The van der Waals surface area contributed by atoms with Gasteiger partial charge in [0.25, 0.3) is 0 Å². The van der Waals surface area contributed by atoms with E-state index in [4.69, 9.17) is 5.73 Å². The number of carbonyl (C=O) groups is 1. The molecule has 1 amide bonds. The molecule has 0 atom stereocenters. The maximum absolute atomic E-state index is 11.0. The maximum atomic E-state index is 11.0. The van der Waals surface area contributed by atoms with Crippen LogP contribution in [-0.2, 0) is 0 Å². The number of hydrogen-bond donors (Lipinski definition) is 2. The number of nitrogens with two attached hydrogens (primary N) is 1. The molecular weight excluding hydrogens is 260 g/mol. The van der Waals surface area contributed by atoms with Gasteiger partial charge in [-0.1, -0.05) is 11.8 Å². The molecule has 0 aliphatic rings. The maximum Gasteiger partial charge on any atom is 0.248 e. The number of thioether (sulfide) groups is 1. The van der Waals surface area contributed by atoms with Crippen molar-refractivity contribution in [3.63, 3.8) is 0 Å². The van der Waals surface area contributed by atoms with Crippen molar-refractivity contribution in [1.29, 1.82) is 0 Å². The molecule has 0 saturated heterocycles. The molecule has 0 aliphatic heterocycles. The van der Waals surface area contributed by atoms with Crippen molar-refractivity contribution < 1.29 is 4.79 Å². The quantitative estimate of drug-likeness (QED) is 0.660. The Bertz CT molecular complexity index is 598. The first-order chi connectivity index (χ1) is 9.08. The molecule has 0 saturated carbocycles. The summed E-state index contributed by atoms with van der Waals surface area (Å²) in [4.78, 5) is 19.6. The zero-order valence-electron chi connectivity index (χ0n) is 10.7. The molecule has 0 fully saturated rings. The molecule has 2 aromatic rings. The van der Waals surface area contributed by atoms with Crippen LogP contribution >= 0.6 is 11.8 Å². The Morgan fingerprint density at radius 1 is 1.26 bits per heavy atom. The fourth-order valence-electron chi connectivity index (χ4n) is 1.56. The van der Waals surface area contributed by atoms with Crippen molar-refractivity contribution in [2.45, 2.75) is 12.1 Å². The summed E-state index contributed by atoms with van der Waals surface area (Å²) in [6.07, 6.45) is 1.93. The van der Waals surface area contributed by atoms with E-state index in [9.17, 15) is 4.79 Å². The second-order valence-corrected chi connectivity index (χ2v) is 4.72. The monoisotopic (exact) mass is 274 g/mol. The summed E-state index contributed by atoms with van der Waals surface area (Å²) in [5.74, 6) is 0.290. The number of aromatic nitrogens is 2. The summed E-state index contributed by atoms with van der Waals surface area (Å²) in [5.41, 5.74) is 7.41. The highest BCUT2D eigenvalue weighted by atomic mass is 32.2. The fraction of sp³-hybridized carbons (Fsp3) is 0.154. The lowest BCUT2D eigenvalue weighted by Gasteiger charge is -2.08. The van der Waals surface area contributed by atoms with E-state index in [1.54, 1.807) is 24.3 Å². The van der Waals surface area contributed by atoms with Gasteiger partial charge in [0.1, 0.15) is 5.82 Å². The van der Waals surface area contributed by atoms with E-state index < -0.39 is 5.91 Å². The Morgan fingerprint density at radius 3 is 2.53 bits per heavy atom. The predicted molar refractivity (Wildman–Crippen MR) is 76.8 cm³/mol. The summed E-state index contributed by atoms with van der Waals surface area (Å²) >= 11 is 1.49. The van der Waals surface area contributed by atoms with Crippen LogP contribution in [0.3, 0.4) is 0 Å². The van der Waals surface area contributed by atoms with Gasteiger partial charge in [0.05, 0.1) is 0 Å². The number of carbonyl (C=O) groups excluding carboxylic acids is 1. The molecule has 2 rings (SSSR count). The molecule has 98 valence electrons. The lowest BCUT2D eigenvalue weighted by Crippen LogP contribution is -2.10. The van der Waals surface area contributed by atoms with Gasteiger partial charge in [-0.3, -0.25) is 4.79 Å². The minimum Gasteiger partial charge on any atom is -0.366 e. The van der Waals surface area contributed by atoms with E-state index in [1.165, 1.54) is 11.8 Å². The van der Waals surface area contributed by atoms with Gasteiger partial charge < -0.3 is 11.1 Å². The van der Waals surface area contributed by atoms with Crippen molar-refractivity contribution in [2.24, 2.45) is 5.73 Å². The minimum absolute atomic E-state index is 0.436. The number of amides is 1. The summed E-state index contributed by atoms with van der Waals surface area (Å²) in [6.45, 7) is 1.92. The van der Waals surface area contributed by atoms with Gasteiger partial charge >= 0.3 is 0 Å². The SMILES string of the molecule is CSc1nc(C)cc(Nc2ccc(C(N)=O)cc2)n1. The molecule has 1 aromatic heterocycles. The van der Waals surface area contributed by atoms with Gasteiger partial charge in [0, 0.05) is 23.0 Å². The number of hydrogen-bond acceptors (Lipinski definition) is 5. The Hall–Kier alpha value is -2.08. The predicted octanol–water partition coefficient (Wildman–Crippen LogP) is 2.35. The fourth-order valence-corrected chi connectivity index (χ4v) is 1.99. The first-order valence-corrected chi connectivity index (χ1v) is 6.87. The van der Waals surface area contributed by atoms with Crippen molar-refractivity contribution in [2.75, 3.05) is 11.6 Å². The lowest BCUT2D eigenvalue weighted by molar-refractivity contribution is 0.100. The van der Waals surface area contributed by atoms with Gasteiger partial charge in [-0.2, -0.15) is 0 Å². The minimum atomic E-state index is -0.436.